The number of nitriles is 1. The van der Waals surface area contributed by atoms with Crippen LogP contribution in [0.1, 0.15) is 11.1 Å². The van der Waals surface area contributed by atoms with Gasteiger partial charge in [0.05, 0.1) is 22.8 Å². The molecule has 0 aliphatic rings. The number of sulfone groups is 1. The second-order valence-electron chi connectivity index (χ2n) is 9.49. The van der Waals surface area contributed by atoms with E-state index in [1.165, 1.54) is 6.92 Å². The molecule has 0 bridgehead atoms. The number of aromatic nitrogens is 1. The minimum atomic E-state index is -5.25. The van der Waals surface area contributed by atoms with Crippen molar-refractivity contribution in [3.05, 3.63) is 47.4 Å². The molecule has 0 aliphatic carbocycles. The van der Waals surface area contributed by atoms with Gasteiger partial charge in [0, 0.05) is 29.4 Å². The van der Waals surface area contributed by atoms with Crippen LogP contribution in [0.5, 0.6) is 0 Å². The van der Waals surface area contributed by atoms with Crippen molar-refractivity contribution in [3.8, 4) is 6.07 Å². The number of nitrogens with one attached hydrogen (secondary N) is 2. The highest BCUT2D eigenvalue weighted by Gasteiger charge is 2.25. The van der Waals surface area contributed by atoms with Crippen LogP contribution < -0.4 is 10.6 Å². The SMILES string of the molecule is C=CS(=O)(=O)CCNc1nc(NCCOS(=O)(=O)O)c(N=Nc2cc3c(S(=O)(=O)O)cc(S(=O)(=O)O)cc3cc2S(=O)(=O)O)c(C)c1C#N. The maximum absolute atomic E-state index is 12.3. The maximum Gasteiger partial charge on any atom is 0.397 e. The predicted octanol–water partition coefficient (Wildman–Crippen LogP) is 1.77. The second kappa shape index (κ2) is 14.4. The smallest absolute Gasteiger partial charge is 0.368 e. The van der Waals surface area contributed by atoms with Crippen LogP contribution in [-0.4, -0.2) is 90.7 Å². The molecule has 266 valence electrons. The monoisotopic (exact) mass is 784 g/mol. The molecule has 0 aliphatic heterocycles. The average Bonchev–Trinajstić information content (AvgIpc) is 2.96. The Hall–Kier alpha value is -4.17. The standard InChI is InChI=1S/C23H24N6O15S5/c1-3-45(30,31)7-5-26-22-17(12-24)13(2)21(23(27-22)25-4-6-44-49(41,42)43)29-28-18-11-16-14(9-20(18)48(38,39)40)8-15(46(32,33)34)10-19(16)47(35,36)37/h3,8-11H,1,4-7H2,2H3,(H2,25,26,27)(H,32,33,34)(H,35,36,37)(H,38,39,40)(H,41,42,43). The topological polar surface area (TPSA) is 346 Å². The Morgan fingerprint density at radius 3 is 2.00 bits per heavy atom. The van der Waals surface area contributed by atoms with Crippen LogP contribution >= 0.6 is 0 Å². The van der Waals surface area contributed by atoms with Crippen LogP contribution in [-0.2, 0) is 54.8 Å². The van der Waals surface area contributed by atoms with Crippen molar-refractivity contribution in [1.29, 1.82) is 5.26 Å². The van der Waals surface area contributed by atoms with Gasteiger partial charge in [-0.05, 0) is 36.6 Å². The van der Waals surface area contributed by atoms with E-state index in [1.54, 1.807) is 0 Å². The molecule has 2 aromatic carbocycles. The fourth-order valence-corrected chi connectivity index (χ4v) is 6.82. The van der Waals surface area contributed by atoms with Gasteiger partial charge in [0.2, 0.25) is 0 Å². The number of rotatable bonds is 15. The summed E-state index contributed by atoms with van der Waals surface area (Å²) in [4.78, 5) is 0.909. The Kier molecular flexibility index (Phi) is 11.5. The summed E-state index contributed by atoms with van der Waals surface area (Å²) < 4.78 is 160. The molecule has 1 heterocycles. The van der Waals surface area contributed by atoms with E-state index in [1.807, 2.05) is 6.07 Å². The van der Waals surface area contributed by atoms with E-state index in [2.05, 4.69) is 36.6 Å². The molecule has 3 aromatic rings. The zero-order valence-electron chi connectivity index (χ0n) is 24.5. The molecule has 0 amide bonds. The van der Waals surface area contributed by atoms with Gasteiger partial charge in [-0.15, -0.1) is 10.2 Å². The molecule has 0 unspecified atom stereocenters. The van der Waals surface area contributed by atoms with Crippen LogP contribution in [0.3, 0.4) is 0 Å². The van der Waals surface area contributed by atoms with Crippen LogP contribution in [0.2, 0.25) is 0 Å². The lowest BCUT2D eigenvalue weighted by Gasteiger charge is -2.15. The summed E-state index contributed by atoms with van der Waals surface area (Å²) in [6.45, 7) is 3.12. The van der Waals surface area contributed by atoms with Gasteiger partial charge < -0.3 is 10.6 Å². The highest BCUT2D eigenvalue weighted by Crippen LogP contribution is 2.38. The lowest BCUT2D eigenvalue weighted by atomic mass is 10.1. The first-order valence-corrected chi connectivity index (χ1v) is 20.1. The van der Waals surface area contributed by atoms with E-state index in [0.29, 0.717) is 29.7 Å². The van der Waals surface area contributed by atoms with Gasteiger partial charge in [0.1, 0.15) is 33.1 Å². The third-order valence-corrected chi connectivity index (χ3v) is 10.5. The zero-order valence-corrected chi connectivity index (χ0v) is 28.6. The molecule has 0 radical (unpaired) electrons. The number of benzene rings is 2. The van der Waals surface area contributed by atoms with Gasteiger partial charge in [0.15, 0.2) is 15.7 Å². The zero-order chi connectivity index (χ0) is 37.2. The van der Waals surface area contributed by atoms with E-state index < -0.39 is 101 Å². The van der Waals surface area contributed by atoms with E-state index in [-0.39, 0.29) is 35.0 Å². The number of azo groups is 1. The molecular weight excluding hydrogens is 761 g/mol. The molecule has 0 spiro atoms. The normalized spacial score (nSPS) is 13.0. The van der Waals surface area contributed by atoms with Crippen molar-refractivity contribution in [3.63, 3.8) is 0 Å². The van der Waals surface area contributed by atoms with Crippen molar-refractivity contribution in [2.45, 2.75) is 21.6 Å². The fraction of sp³-hybridized carbons (Fsp3) is 0.217. The summed E-state index contributed by atoms with van der Waals surface area (Å²) in [5.41, 5.74) is -1.41. The largest absolute Gasteiger partial charge is 0.397 e. The third-order valence-electron chi connectivity index (χ3n) is 6.17. The molecule has 6 N–H and O–H groups in total. The number of hydrogen-bond donors (Lipinski definition) is 6. The van der Waals surface area contributed by atoms with E-state index in [0.717, 1.165) is 0 Å². The summed E-state index contributed by atoms with van der Waals surface area (Å²) in [7, 11) is -24.1. The number of fused-ring (bicyclic) bond motifs is 1. The Morgan fingerprint density at radius 1 is 0.857 bits per heavy atom. The highest BCUT2D eigenvalue weighted by atomic mass is 32.3. The van der Waals surface area contributed by atoms with Crippen molar-refractivity contribution in [2.75, 3.05) is 36.1 Å². The molecule has 0 saturated heterocycles. The fourth-order valence-electron chi connectivity index (χ4n) is 3.99. The molecule has 3 rings (SSSR count). The van der Waals surface area contributed by atoms with E-state index in [4.69, 9.17) is 4.55 Å². The lowest BCUT2D eigenvalue weighted by molar-refractivity contribution is 0.278. The molecule has 0 fully saturated rings. The van der Waals surface area contributed by atoms with E-state index in [9.17, 15) is 61.0 Å². The van der Waals surface area contributed by atoms with Gasteiger partial charge in [-0.1, -0.05) is 6.58 Å². The summed E-state index contributed by atoms with van der Waals surface area (Å²) >= 11 is 0. The Labute approximate surface area is 279 Å². The Bertz CT molecular complexity index is 2480. The highest BCUT2D eigenvalue weighted by molar-refractivity contribution is 7.94. The molecule has 0 saturated carbocycles. The van der Waals surface area contributed by atoms with Crippen LogP contribution in [0.15, 0.2) is 61.2 Å². The molecule has 49 heavy (non-hydrogen) atoms. The molecule has 26 heteroatoms. The number of pyridine rings is 1. The Morgan fingerprint density at radius 2 is 1.47 bits per heavy atom. The van der Waals surface area contributed by atoms with Crippen LogP contribution in [0.25, 0.3) is 10.8 Å². The van der Waals surface area contributed by atoms with Crippen LogP contribution in [0, 0.1) is 18.3 Å². The first-order valence-electron chi connectivity index (χ1n) is 12.7. The van der Waals surface area contributed by atoms with Gasteiger partial charge in [-0.3, -0.25) is 18.2 Å². The van der Waals surface area contributed by atoms with Crippen molar-refractivity contribution < 1.29 is 64.5 Å². The van der Waals surface area contributed by atoms with Crippen molar-refractivity contribution in [1.82, 2.24) is 4.98 Å². The average molecular weight is 785 g/mol. The maximum atomic E-state index is 12.3. The van der Waals surface area contributed by atoms with Gasteiger partial charge in [-0.25, -0.2) is 17.6 Å². The van der Waals surface area contributed by atoms with Gasteiger partial charge in [0.25, 0.3) is 30.4 Å². The minimum absolute atomic E-state index is 0.0425. The van der Waals surface area contributed by atoms with Crippen LogP contribution in [0.4, 0.5) is 23.0 Å². The second-order valence-corrected chi connectivity index (χ2v) is 16.9. The number of hydrogen-bond acceptors (Lipinski definition) is 17. The lowest BCUT2D eigenvalue weighted by Crippen LogP contribution is -2.17. The number of anilines is 2. The molecule has 0 atom stereocenters. The molecular formula is C23H24N6O15S5. The minimum Gasteiger partial charge on any atom is -0.368 e. The summed E-state index contributed by atoms with van der Waals surface area (Å²) in [5, 5.41) is 22.4. The van der Waals surface area contributed by atoms with E-state index >= 15 is 0 Å². The number of nitrogens with zero attached hydrogens (tertiary/aromatic N) is 4. The first-order chi connectivity index (χ1) is 22.4. The van der Waals surface area contributed by atoms with Gasteiger partial charge in [-0.2, -0.15) is 38.9 Å². The predicted molar refractivity (Wildman–Crippen MR) is 170 cm³/mol. The molecule has 1 aromatic heterocycles. The third kappa shape index (κ3) is 10.2. The quantitative estimate of drug-likeness (QED) is 0.0726. The Balaban J connectivity index is 2.29. The first kappa shape index (κ1) is 39.3. The summed E-state index contributed by atoms with van der Waals surface area (Å²) in [6.07, 6.45) is 0. The summed E-state index contributed by atoms with van der Waals surface area (Å²) in [5.74, 6) is -0.973. The molecule has 21 nitrogen and oxygen atoms in total. The summed E-state index contributed by atoms with van der Waals surface area (Å²) in [6, 6.07) is 4.10. The van der Waals surface area contributed by atoms with Gasteiger partial charge >= 0.3 is 10.4 Å². The van der Waals surface area contributed by atoms with Crippen molar-refractivity contribution in [2.24, 2.45) is 10.2 Å². The van der Waals surface area contributed by atoms with Crippen molar-refractivity contribution >= 4 is 84.4 Å².